The number of methoxy groups -OCH3 is 1. The van der Waals surface area contributed by atoms with Crippen LogP contribution in [0.1, 0.15) is 10.4 Å². The van der Waals surface area contributed by atoms with Gasteiger partial charge in [0.2, 0.25) is 0 Å². The summed E-state index contributed by atoms with van der Waals surface area (Å²) in [7, 11) is 1.54. The van der Waals surface area contributed by atoms with E-state index in [0.717, 1.165) is 0 Å². The molecule has 0 unspecified atom stereocenters. The minimum atomic E-state index is -0.521. The zero-order valence-corrected chi connectivity index (χ0v) is 16.3. The summed E-state index contributed by atoms with van der Waals surface area (Å²) in [5.41, 5.74) is 0.380. The van der Waals surface area contributed by atoms with E-state index in [1.54, 1.807) is 61.7 Å². The van der Waals surface area contributed by atoms with Crippen molar-refractivity contribution in [2.75, 3.05) is 12.4 Å². The van der Waals surface area contributed by atoms with Crippen molar-refractivity contribution < 1.29 is 13.9 Å². The van der Waals surface area contributed by atoms with Gasteiger partial charge in [-0.2, -0.15) is 0 Å². The molecule has 1 aromatic heterocycles. The van der Waals surface area contributed by atoms with Gasteiger partial charge in [-0.1, -0.05) is 30.3 Å². The Kier molecular flexibility index (Phi) is 5.10. The average Bonchev–Trinajstić information content (AvgIpc) is 2.75. The summed E-state index contributed by atoms with van der Waals surface area (Å²) in [5, 5.41) is 3.58. The highest BCUT2D eigenvalue weighted by Crippen LogP contribution is 2.34. The van der Waals surface area contributed by atoms with Gasteiger partial charge in [-0.15, -0.1) is 11.3 Å². The number of nitrogens with one attached hydrogen (secondary N) is 1. The Balaban J connectivity index is 1.86. The molecule has 0 aliphatic carbocycles. The van der Waals surface area contributed by atoms with E-state index in [9.17, 15) is 14.0 Å². The minimum absolute atomic E-state index is 0.147. The van der Waals surface area contributed by atoms with E-state index in [-0.39, 0.29) is 16.6 Å². The zero-order valence-electron chi connectivity index (χ0n) is 15.4. The molecule has 6 heteroatoms. The van der Waals surface area contributed by atoms with Gasteiger partial charge < -0.3 is 10.1 Å². The van der Waals surface area contributed by atoms with E-state index in [4.69, 9.17) is 4.74 Å². The molecule has 0 spiro atoms. The van der Waals surface area contributed by atoms with E-state index in [1.807, 2.05) is 6.07 Å². The maximum atomic E-state index is 14.5. The van der Waals surface area contributed by atoms with Crippen LogP contribution in [0.3, 0.4) is 0 Å². The van der Waals surface area contributed by atoms with Crippen LogP contribution in [-0.2, 0) is 0 Å². The molecule has 0 saturated heterocycles. The first-order chi connectivity index (χ1) is 14.1. The summed E-state index contributed by atoms with van der Waals surface area (Å²) in [6.07, 6.45) is 0. The first-order valence-corrected chi connectivity index (χ1v) is 9.66. The molecular formula is C23H16FNO3S. The molecular weight excluding hydrogens is 389 g/mol. The summed E-state index contributed by atoms with van der Waals surface area (Å²) in [6, 6.07) is 19.7. The van der Waals surface area contributed by atoms with Crippen molar-refractivity contribution in [1.82, 2.24) is 0 Å². The highest BCUT2D eigenvalue weighted by Gasteiger charge is 2.19. The highest BCUT2D eigenvalue weighted by molar-refractivity contribution is 7.22. The molecule has 4 nitrogen and oxygen atoms in total. The maximum absolute atomic E-state index is 14.5. The molecule has 144 valence electrons. The fraction of sp³-hybridized carbons (Fsp3) is 0.0435. The van der Waals surface area contributed by atoms with Crippen molar-refractivity contribution >= 4 is 32.3 Å². The number of ether oxygens (including phenoxy) is 1. The molecule has 0 atom stereocenters. The predicted molar refractivity (Wildman–Crippen MR) is 114 cm³/mol. The first-order valence-electron chi connectivity index (χ1n) is 8.84. The van der Waals surface area contributed by atoms with Crippen LogP contribution in [0.15, 0.2) is 77.6 Å². The number of halogens is 1. The third-order valence-electron chi connectivity index (χ3n) is 4.52. The SMILES string of the molecule is COc1ccc(C(=O)Nc2sc3ccccc3c(=O)c2-c2ccccc2F)cc1. The molecule has 0 saturated carbocycles. The lowest BCUT2D eigenvalue weighted by atomic mass is 10.0. The van der Waals surface area contributed by atoms with Crippen LogP contribution in [-0.4, -0.2) is 13.0 Å². The molecule has 0 aliphatic heterocycles. The number of hydrogen-bond acceptors (Lipinski definition) is 4. The number of benzene rings is 3. The minimum Gasteiger partial charge on any atom is -0.497 e. The van der Waals surface area contributed by atoms with Crippen molar-refractivity contribution in [3.8, 4) is 16.9 Å². The van der Waals surface area contributed by atoms with Crippen LogP contribution in [0.25, 0.3) is 21.2 Å². The van der Waals surface area contributed by atoms with Crippen LogP contribution < -0.4 is 15.5 Å². The van der Waals surface area contributed by atoms with Crippen molar-refractivity contribution in [2.24, 2.45) is 0 Å². The Bertz CT molecular complexity index is 1270. The normalized spacial score (nSPS) is 10.7. The number of anilines is 1. The van der Waals surface area contributed by atoms with Gasteiger partial charge in [0, 0.05) is 21.2 Å². The second-order valence-electron chi connectivity index (χ2n) is 6.29. The van der Waals surface area contributed by atoms with Crippen LogP contribution in [0, 0.1) is 5.82 Å². The van der Waals surface area contributed by atoms with E-state index < -0.39 is 11.7 Å². The number of hydrogen-bond donors (Lipinski definition) is 1. The van der Waals surface area contributed by atoms with Crippen molar-refractivity contribution in [3.05, 3.63) is 94.4 Å². The smallest absolute Gasteiger partial charge is 0.256 e. The van der Waals surface area contributed by atoms with Gasteiger partial charge in [0.15, 0.2) is 5.43 Å². The largest absolute Gasteiger partial charge is 0.497 e. The second-order valence-corrected chi connectivity index (χ2v) is 7.35. The highest BCUT2D eigenvalue weighted by atomic mass is 32.1. The Morgan fingerprint density at radius 3 is 2.38 bits per heavy atom. The molecule has 29 heavy (non-hydrogen) atoms. The Labute approximate surface area is 170 Å². The Morgan fingerprint density at radius 1 is 0.966 bits per heavy atom. The van der Waals surface area contributed by atoms with Crippen LogP contribution >= 0.6 is 11.3 Å². The van der Waals surface area contributed by atoms with Gasteiger partial charge in [0.1, 0.15) is 16.6 Å². The summed E-state index contributed by atoms with van der Waals surface area (Å²) < 4.78 is 20.3. The molecule has 4 aromatic rings. The third kappa shape index (κ3) is 3.62. The van der Waals surface area contributed by atoms with Gasteiger partial charge in [-0.25, -0.2) is 4.39 Å². The molecule has 0 fully saturated rings. The second kappa shape index (κ2) is 7.85. The zero-order chi connectivity index (χ0) is 20.4. The van der Waals surface area contributed by atoms with Gasteiger partial charge in [-0.3, -0.25) is 9.59 Å². The molecule has 3 aromatic carbocycles. The van der Waals surface area contributed by atoms with Crippen molar-refractivity contribution in [2.45, 2.75) is 0 Å². The summed E-state index contributed by atoms with van der Waals surface area (Å²) in [5.74, 6) is -0.285. The lowest BCUT2D eigenvalue weighted by molar-refractivity contribution is 0.102. The lowest BCUT2D eigenvalue weighted by Crippen LogP contribution is -2.16. The summed E-state index contributed by atoms with van der Waals surface area (Å²) in [6.45, 7) is 0. The monoisotopic (exact) mass is 405 g/mol. The lowest BCUT2D eigenvalue weighted by Gasteiger charge is -2.12. The third-order valence-corrected chi connectivity index (χ3v) is 5.61. The number of carbonyl (C=O) groups excluding carboxylic acids is 1. The molecule has 0 bridgehead atoms. The Morgan fingerprint density at radius 2 is 1.66 bits per heavy atom. The average molecular weight is 405 g/mol. The summed E-state index contributed by atoms with van der Waals surface area (Å²) >= 11 is 1.24. The fourth-order valence-electron chi connectivity index (χ4n) is 3.06. The van der Waals surface area contributed by atoms with Gasteiger partial charge in [0.05, 0.1) is 12.7 Å². The van der Waals surface area contributed by atoms with Crippen LogP contribution in [0.4, 0.5) is 9.39 Å². The quantitative estimate of drug-likeness (QED) is 0.499. The van der Waals surface area contributed by atoms with Gasteiger partial charge in [-0.05, 0) is 42.5 Å². The predicted octanol–water partition coefficient (Wildman–Crippen LogP) is 5.33. The molecule has 0 aliphatic rings. The van der Waals surface area contributed by atoms with Crippen LogP contribution in [0.5, 0.6) is 5.75 Å². The van der Waals surface area contributed by atoms with Gasteiger partial charge in [0.25, 0.3) is 5.91 Å². The standard InChI is InChI=1S/C23H16FNO3S/c1-28-15-12-10-14(11-13-15)22(27)25-23-20(16-6-2-4-8-18(16)24)21(26)17-7-3-5-9-19(17)29-23/h2-13H,1H3,(H,25,27). The molecule has 1 amide bonds. The number of rotatable bonds is 4. The van der Waals surface area contributed by atoms with E-state index in [1.165, 1.54) is 23.5 Å². The first kappa shape index (κ1) is 18.8. The Hall–Kier alpha value is -3.51. The molecule has 1 heterocycles. The van der Waals surface area contributed by atoms with E-state index >= 15 is 0 Å². The fourth-order valence-corrected chi connectivity index (χ4v) is 4.14. The molecule has 4 rings (SSSR count). The number of carbonyl (C=O) groups is 1. The molecule has 1 N–H and O–H groups in total. The maximum Gasteiger partial charge on any atom is 0.256 e. The van der Waals surface area contributed by atoms with E-state index in [0.29, 0.717) is 26.4 Å². The number of amides is 1. The summed E-state index contributed by atoms with van der Waals surface area (Å²) in [4.78, 5) is 26.0. The number of fused-ring (bicyclic) bond motifs is 1. The molecule has 0 radical (unpaired) electrons. The van der Waals surface area contributed by atoms with Crippen LogP contribution in [0.2, 0.25) is 0 Å². The van der Waals surface area contributed by atoms with Gasteiger partial charge >= 0.3 is 0 Å². The van der Waals surface area contributed by atoms with Crippen molar-refractivity contribution in [3.63, 3.8) is 0 Å². The topological polar surface area (TPSA) is 55.4 Å². The van der Waals surface area contributed by atoms with E-state index in [2.05, 4.69) is 5.32 Å². The van der Waals surface area contributed by atoms with Crippen molar-refractivity contribution in [1.29, 1.82) is 0 Å².